The standard InChI is InChI=1S/C11H22N2O.C10H14/c1-2-6-11(12-10-14)9-13-7-4-3-5-8-13;1-8(2)10-6-4-9(3)5-7-10/h10-11H,2-9H2,1H3,(H,12,14);4-8H,1-3H3/t11-;/m0./s1. The minimum Gasteiger partial charge on any atom is -0.355 e. The molecule has 0 bridgehead atoms. The lowest BCUT2D eigenvalue weighted by molar-refractivity contribution is -0.110. The van der Waals surface area contributed by atoms with Gasteiger partial charge in [-0.3, -0.25) is 4.79 Å². The summed E-state index contributed by atoms with van der Waals surface area (Å²) in [7, 11) is 0. The number of carbonyl (C=O) groups excluding carboxylic acids is 1. The molecule has 1 amide bonds. The van der Waals surface area contributed by atoms with Gasteiger partial charge in [-0.15, -0.1) is 0 Å². The van der Waals surface area contributed by atoms with Crippen LogP contribution in [0.5, 0.6) is 0 Å². The molecule has 2 rings (SSSR count). The highest BCUT2D eigenvalue weighted by Crippen LogP contribution is 2.13. The summed E-state index contributed by atoms with van der Waals surface area (Å²) in [6, 6.07) is 9.07. The summed E-state index contributed by atoms with van der Waals surface area (Å²) in [6.45, 7) is 12.2. The van der Waals surface area contributed by atoms with Crippen LogP contribution in [0, 0.1) is 6.92 Å². The van der Waals surface area contributed by atoms with Crippen LogP contribution in [0.4, 0.5) is 0 Å². The van der Waals surface area contributed by atoms with E-state index in [0.29, 0.717) is 12.0 Å². The minimum atomic E-state index is 0.357. The van der Waals surface area contributed by atoms with Crippen molar-refractivity contribution in [2.24, 2.45) is 0 Å². The monoisotopic (exact) mass is 332 g/mol. The molecule has 1 N–H and O–H groups in total. The average Bonchev–Trinajstić information content (AvgIpc) is 2.57. The second kappa shape index (κ2) is 12.1. The molecule has 1 aromatic carbocycles. The first-order valence-electron chi connectivity index (χ1n) is 9.55. The maximum Gasteiger partial charge on any atom is 0.207 e. The summed E-state index contributed by atoms with van der Waals surface area (Å²) in [5.74, 6) is 0.653. The Bertz CT molecular complexity index is 436. The van der Waals surface area contributed by atoms with E-state index in [-0.39, 0.29) is 0 Å². The fourth-order valence-corrected chi connectivity index (χ4v) is 3.08. The van der Waals surface area contributed by atoms with Gasteiger partial charge in [0.2, 0.25) is 6.41 Å². The molecule has 1 aliphatic heterocycles. The molecular formula is C21H36N2O. The van der Waals surface area contributed by atoms with Gasteiger partial charge < -0.3 is 10.2 Å². The molecule has 1 saturated heterocycles. The van der Waals surface area contributed by atoms with E-state index in [1.165, 1.54) is 43.5 Å². The van der Waals surface area contributed by atoms with E-state index in [4.69, 9.17) is 0 Å². The van der Waals surface area contributed by atoms with Crippen LogP contribution in [-0.4, -0.2) is 37.0 Å². The highest BCUT2D eigenvalue weighted by molar-refractivity contribution is 5.46. The van der Waals surface area contributed by atoms with E-state index in [0.717, 1.165) is 25.8 Å². The summed E-state index contributed by atoms with van der Waals surface area (Å²) in [6.07, 6.45) is 7.08. The summed E-state index contributed by atoms with van der Waals surface area (Å²) in [5, 5.41) is 2.91. The zero-order valence-corrected chi connectivity index (χ0v) is 16.1. The predicted molar refractivity (Wildman–Crippen MR) is 103 cm³/mol. The van der Waals surface area contributed by atoms with E-state index in [9.17, 15) is 4.79 Å². The lowest BCUT2D eigenvalue weighted by Gasteiger charge is -2.30. The molecule has 0 unspecified atom stereocenters. The van der Waals surface area contributed by atoms with Crippen LogP contribution < -0.4 is 5.32 Å². The van der Waals surface area contributed by atoms with Gasteiger partial charge in [-0.25, -0.2) is 0 Å². The summed E-state index contributed by atoms with van der Waals surface area (Å²) in [5.41, 5.74) is 2.76. The summed E-state index contributed by atoms with van der Waals surface area (Å²) in [4.78, 5) is 12.9. The number of hydrogen-bond donors (Lipinski definition) is 1. The molecule has 0 spiro atoms. The fraction of sp³-hybridized carbons (Fsp3) is 0.667. The van der Waals surface area contributed by atoms with Crippen LogP contribution in [0.25, 0.3) is 0 Å². The maximum absolute atomic E-state index is 10.4. The SMILES string of the molecule is CCC[C@@H](CN1CCCCC1)NC=O.Cc1ccc(C(C)C)cc1. The molecule has 0 saturated carbocycles. The normalized spacial score (nSPS) is 16.2. The first-order valence-corrected chi connectivity index (χ1v) is 9.55. The average molecular weight is 333 g/mol. The third-order valence-corrected chi connectivity index (χ3v) is 4.61. The van der Waals surface area contributed by atoms with Crippen molar-refractivity contribution in [1.29, 1.82) is 0 Å². The fourth-order valence-electron chi connectivity index (χ4n) is 3.08. The van der Waals surface area contributed by atoms with Crippen molar-refractivity contribution >= 4 is 6.41 Å². The Morgan fingerprint density at radius 2 is 1.75 bits per heavy atom. The zero-order chi connectivity index (χ0) is 17.8. The number of benzene rings is 1. The van der Waals surface area contributed by atoms with Crippen LogP contribution in [-0.2, 0) is 4.79 Å². The van der Waals surface area contributed by atoms with Crippen LogP contribution in [0.1, 0.15) is 69.9 Å². The third-order valence-electron chi connectivity index (χ3n) is 4.61. The number of likely N-dealkylation sites (tertiary alicyclic amines) is 1. The molecule has 3 heteroatoms. The van der Waals surface area contributed by atoms with Gasteiger partial charge in [0.1, 0.15) is 0 Å². The number of nitrogens with one attached hydrogen (secondary N) is 1. The van der Waals surface area contributed by atoms with Gasteiger partial charge in [-0.2, -0.15) is 0 Å². The van der Waals surface area contributed by atoms with Crippen molar-refractivity contribution in [2.45, 2.75) is 71.8 Å². The van der Waals surface area contributed by atoms with Gasteiger partial charge >= 0.3 is 0 Å². The van der Waals surface area contributed by atoms with Crippen molar-refractivity contribution in [1.82, 2.24) is 10.2 Å². The number of carbonyl (C=O) groups is 1. The van der Waals surface area contributed by atoms with Crippen LogP contribution in [0.2, 0.25) is 0 Å². The molecule has 0 aromatic heterocycles. The van der Waals surface area contributed by atoms with Crippen LogP contribution in [0.15, 0.2) is 24.3 Å². The number of aryl methyl sites for hydroxylation is 1. The Kier molecular flexibility index (Phi) is 10.4. The Morgan fingerprint density at radius 1 is 1.12 bits per heavy atom. The number of piperidine rings is 1. The summed E-state index contributed by atoms with van der Waals surface area (Å²) >= 11 is 0. The number of rotatable bonds is 7. The van der Waals surface area contributed by atoms with E-state index < -0.39 is 0 Å². The van der Waals surface area contributed by atoms with Gasteiger partial charge in [0.25, 0.3) is 0 Å². The van der Waals surface area contributed by atoms with Gasteiger partial charge in [0.15, 0.2) is 0 Å². The molecule has 1 aromatic rings. The molecule has 24 heavy (non-hydrogen) atoms. The van der Waals surface area contributed by atoms with Crippen molar-refractivity contribution < 1.29 is 4.79 Å². The lowest BCUT2D eigenvalue weighted by Crippen LogP contribution is -2.42. The van der Waals surface area contributed by atoms with Crippen molar-refractivity contribution in [3.8, 4) is 0 Å². The van der Waals surface area contributed by atoms with Crippen LogP contribution in [0.3, 0.4) is 0 Å². The second-order valence-corrected chi connectivity index (χ2v) is 7.20. The third kappa shape index (κ3) is 8.49. The Hall–Kier alpha value is -1.35. The largest absolute Gasteiger partial charge is 0.355 e. The zero-order valence-electron chi connectivity index (χ0n) is 16.1. The first-order chi connectivity index (χ1) is 11.6. The molecule has 1 heterocycles. The molecule has 3 nitrogen and oxygen atoms in total. The quantitative estimate of drug-likeness (QED) is 0.745. The molecule has 0 aliphatic carbocycles. The molecule has 1 aliphatic rings. The van der Waals surface area contributed by atoms with Crippen molar-refractivity contribution in [2.75, 3.05) is 19.6 Å². The van der Waals surface area contributed by atoms with E-state index in [2.05, 4.69) is 62.2 Å². The second-order valence-electron chi connectivity index (χ2n) is 7.20. The maximum atomic E-state index is 10.4. The highest BCUT2D eigenvalue weighted by Gasteiger charge is 2.14. The Labute approximate surface area is 148 Å². The number of hydrogen-bond acceptors (Lipinski definition) is 2. The minimum absolute atomic E-state index is 0.357. The van der Waals surface area contributed by atoms with Crippen LogP contribution >= 0.6 is 0 Å². The van der Waals surface area contributed by atoms with Gasteiger partial charge in [0.05, 0.1) is 0 Å². The molecule has 1 fully saturated rings. The van der Waals surface area contributed by atoms with Gasteiger partial charge in [-0.1, -0.05) is 63.4 Å². The van der Waals surface area contributed by atoms with Crippen molar-refractivity contribution in [3.63, 3.8) is 0 Å². The number of amides is 1. The molecule has 1 atom stereocenters. The topological polar surface area (TPSA) is 32.3 Å². The smallest absolute Gasteiger partial charge is 0.207 e. The Morgan fingerprint density at radius 3 is 2.25 bits per heavy atom. The van der Waals surface area contributed by atoms with Gasteiger partial charge in [-0.05, 0) is 50.8 Å². The van der Waals surface area contributed by atoms with Crippen molar-refractivity contribution in [3.05, 3.63) is 35.4 Å². The van der Waals surface area contributed by atoms with E-state index >= 15 is 0 Å². The van der Waals surface area contributed by atoms with E-state index in [1.807, 2.05) is 0 Å². The molecule has 136 valence electrons. The molecular weight excluding hydrogens is 296 g/mol. The van der Waals surface area contributed by atoms with E-state index in [1.54, 1.807) is 0 Å². The van der Waals surface area contributed by atoms with Gasteiger partial charge in [0, 0.05) is 12.6 Å². The predicted octanol–water partition coefficient (Wildman–Crippen LogP) is 4.51. The highest BCUT2D eigenvalue weighted by atomic mass is 16.1. The Balaban J connectivity index is 0.000000254. The first kappa shape index (κ1) is 20.7. The number of nitrogens with zero attached hydrogens (tertiary/aromatic N) is 1. The summed E-state index contributed by atoms with van der Waals surface area (Å²) < 4.78 is 0. The molecule has 0 radical (unpaired) electrons. The lowest BCUT2D eigenvalue weighted by atomic mass is 10.0.